The van der Waals surface area contributed by atoms with Gasteiger partial charge >= 0.3 is 0 Å². The van der Waals surface area contributed by atoms with E-state index < -0.39 is 0 Å². The lowest BCUT2D eigenvalue weighted by Gasteiger charge is -2.34. The molecular formula is C17H27NO. The Bertz CT molecular complexity index is 385. The molecule has 1 saturated carbocycles. The zero-order chi connectivity index (χ0) is 13.8. The lowest BCUT2D eigenvalue weighted by atomic mass is 9.74. The fraction of sp³-hybridized carbons (Fsp3) is 0.647. The lowest BCUT2D eigenvalue weighted by molar-refractivity contribution is 0.242. The molecule has 1 fully saturated rings. The molecule has 1 aliphatic rings. The molecule has 106 valence electrons. The third kappa shape index (κ3) is 3.73. The van der Waals surface area contributed by atoms with Crippen LogP contribution in [-0.4, -0.2) is 12.1 Å². The second kappa shape index (κ2) is 6.42. The van der Waals surface area contributed by atoms with Crippen LogP contribution in [0.1, 0.15) is 57.9 Å². The topological polar surface area (TPSA) is 35.2 Å². The minimum absolute atomic E-state index is 0.229. The maximum atomic E-state index is 6.32. The van der Waals surface area contributed by atoms with Gasteiger partial charge < -0.3 is 10.5 Å². The van der Waals surface area contributed by atoms with Crippen LogP contribution < -0.4 is 10.5 Å². The van der Waals surface area contributed by atoms with E-state index in [9.17, 15) is 0 Å². The second-order valence-electron chi connectivity index (χ2n) is 6.09. The SMILES string of the molecule is CCC1CCC(N)C(c2ccc(OC(C)C)cc2)C1. The van der Waals surface area contributed by atoms with Gasteiger partial charge in [-0.3, -0.25) is 0 Å². The first-order valence-corrected chi connectivity index (χ1v) is 7.62. The molecule has 1 aromatic rings. The fourth-order valence-electron chi connectivity index (χ4n) is 3.10. The second-order valence-corrected chi connectivity index (χ2v) is 6.09. The van der Waals surface area contributed by atoms with Crippen molar-refractivity contribution < 1.29 is 4.74 Å². The predicted molar refractivity (Wildman–Crippen MR) is 80.6 cm³/mol. The molecule has 0 spiro atoms. The summed E-state index contributed by atoms with van der Waals surface area (Å²) in [5.41, 5.74) is 7.69. The van der Waals surface area contributed by atoms with E-state index >= 15 is 0 Å². The van der Waals surface area contributed by atoms with Gasteiger partial charge in [0, 0.05) is 6.04 Å². The number of rotatable bonds is 4. The standard InChI is InChI=1S/C17H27NO/c1-4-13-5-10-17(18)16(11-13)14-6-8-15(9-7-14)19-12(2)3/h6-9,12-13,16-17H,4-5,10-11,18H2,1-3H3. The Hall–Kier alpha value is -1.02. The van der Waals surface area contributed by atoms with Crippen LogP contribution in [0.4, 0.5) is 0 Å². The van der Waals surface area contributed by atoms with Gasteiger partial charge in [-0.2, -0.15) is 0 Å². The van der Waals surface area contributed by atoms with E-state index in [1.807, 2.05) is 0 Å². The number of benzene rings is 1. The van der Waals surface area contributed by atoms with Crippen LogP contribution >= 0.6 is 0 Å². The van der Waals surface area contributed by atoms with Crippen LogP contribution in [0.5, 0.6) is 5.75 Å². The van der Waals surface area contributed by atoms with E-state index in [2.05, 4.69) is 45.0 Å². The normalized spacial score (nSPS) is 27.5. The summed E-state index contributed by atoms with van der Waals surface area (Å²) in [4.78, 5) is 0. The highest BCUT2D eigenvalue weighted by molar-refractivity contribution is 5.30. The van der Waals surface area contributed by atoms with Crippen molar-refractivity contribution in [3.05, 3.63) is 29.8 Å². The Morgan fingerprint density at radius 1 is 1.21 bits per heavy atom. The highest BCUT2D eigenvalue weighted by Crippen LogP contribution is 2.37. The Morgan fingerprint density at radius 2 is 1.89 bits per heavy atom. The van der Waals surface area contributed by atoms with Crippen LogP contribution in [0.3, 0.4) is 0 Å². The molecule has 0 radical (unpaired) electrons. The van der Waals surface area contributed by atoms with Gasteiger partial charge in [0.1, 0.15) is 5.75 Å². The van der Waals surface area contributed by atoms with Crippen molar-refractivity contribution >= 4 is 0 Å². The molecule has 1 aromatic carbocycles. The zero-order valence-electron chi connectivity index (χ0n) is 12.4. The van der Waals surface area contributed by atoms with Gasteiger partial charge in [-0.25, -0.2) is 0 Å². The summed E-state index contributed by atoms with van der Waals surface area (Å²) in [5.74, 6) is 2.32. The first kappa shape index (κ1) is 14.4. The van der Waals surface area contributed by atoms with Gasteiger partial charge in [-0.05, 0) is 62.6 Å². The molecule has 3 unspecified atom stereocenters. The Kier molecular flexibility index (Phi) is 4.87. The monoisotopic (exact) mass is 261 g/mol. The van der Waals surface area contributed by atoms with Crippen LogP contribution in [0.15, 0.2) is 24.3 Å². The quantitative estimate of drug-likeness (QED) is 0.885. The molecule has 0 aliphatic heterocycles. The van der Waals surface area contributed by atoms with Crippen LogP contribution in [0.25, 0.3) is 0 Å². The summed E-state index contributed by atoms with van der Waals surface area (Å²) < 4.78 is 5.69. The summed E-state index contributed by atoms with van der Waals surface area (Å²) in [6.07, 6.45) is 5.20. The van der Waals surface area contributed by atoms with Crippen molar-refractivity contribution in [2.45, 2.75) is 64.5 Å². The summed E-state index contributed by atoms with van der Waals surface area (Å²) in [5, 5.41) is 0. The van der Waals surface area contributed by atoms with Gasteiger partial charge in [0.15, 0.2) is 0 Å². The minimum Gasteiger partial charge on any atom is -0.491 e. The molecule has 2 rings (SSSR count). The van der Waals surface area contributed by atoms with Gasteiger partial charge in [0.25, 0.3) is 0 Å². The Morgan fingerprint density at radius 3 is 2.47 bits per heavy atom. The van der Waals surface area contributed by atoms with Crippen molar-refractivity contribution in [2.24, 2.45) is 11.7 Å². The average molecular weight is 261 g/mol. The van der Waals surface area contributed by atoms with E-state index in [1.165, 1.54) is 24.8 Å². The largest absolute Gasteiger partial charge is 0.491 e. The maximum Gasteiger partial charge on any atom is 0.119 e. The number of ether oxygens (including phenoxy) is 1. The van der Waals surface area contributed by atoms with Crippen molar-refractivity contribution in [3.8, 4) is 5.75 Å². The molecule has 19 heavy (non-hydrogen) atoms. The van der Waals surface area contributed by atoms with E-state index in [0.717, 1.165) is 18.1 Å². The van der Waals surface area contributed by atoms with E-state index in [0.29, 0.717) is 12.0 Å². The third-order valence-electron chi connectivity index (χ3n) is 4.27. The molecule has 3 atom stereocenters. The van der Waals surface area contributed by atoms with Crippen molar-refractivity contribution in [1.82, 2.24) is 0 Å². The Balaban J connectivity index is 2.07. The Labute approximate surface area is 117 Å². The van der Waals surface area contributed by atoms with Gasteiger partial charge in [0.05, 0.1) is 6.10 Å². The third-order valence-corrected chi connectivity index (χ3v) is 4.27. The smallest absolute Gasteiger partial charge is 0.119 e. The molecule has 0 bridgehead atoms. The van der Waals surface area contributed by atoms with E-state index in [4.69, 9.17) is 10.5 Å². The first-order valence-electron chi connectivity index (χ1n) is 7.62. The molecule has 0 heterocycles. The van der Waals surface area contributed by atoms with Gasteiger partial charge in [-0.15, -0.1) is 0 Å². The summed E-state index contributed by atoms with van der Waals surface area (Å²) in [7, 11) is 0. The van der Waals surface area contributed by atoms with E-state index in [-0.39, 0.29) is 6.10 Å². The maximum absolute atomic E-state index is 6.32. The van der Waals surface area contributed by atoms with Crippen LogP contribution in [0.2, 0.25) is 0 Å². The highest BCUT2D eigenvalue weighted by atomic mass is 16.5. The lowest BCUT2D eigenvalue weighted by Crippen LogP contribution is -2.34. The summed E-state index contributed by atoms with van der Waals surface area (Å²) in [6.45, 7) is 6.39. The summed E-state index contributed by atoms with van der Waals surface area (Å²) in [6, 6.07) is 8.87. The minimum atomic E-state index is 0.229. The van der Waals surface area contributed by atoms with Crippen LogP contribution in [-0.2, 0) is 0 Å². The number of hydrogen-bond donors (Lipinski definition) is 1. The zero-order valence-corrected chi connectivity index (χ0v) is 12.4. The molecular weight excluding hydrogens is 234 g/mol. The molecule has 0 amide bonds. The van der Waals surface area contributed by atoms with Crippen molar-refractivity contribution in [3.63, 3.8) is 0 Å². The van der Waals surface area contributed by atoms with Gasteiger partial charge in [0.2, 0.25) is 0 Å². The highest BCUT2D eigenvalue weighted by Gasteiger charge is 2.28. The van der Waals surface area contributed by atoms with Crippen molar-refractivity contribution in [2.75, 3.05) is 0 Å². The molecule has 1 aliphatic carbocycles. The fourth-order valence-corrected chi connectivity index (χ4v) is 3.10. The van der Waals surface area contributed by atoms with Gasteiger partial charge in [-0.1, -0.05) is 25.5 Å². The first-order chi connectivity index (χ1) is 9.10. The predicted octanol–water partition coefficient (Wildman–Crippen LogP) is 4.09. The molecule has 0 aromatic heterocycles. The molecule has 2 N–H and O–H groups in total. The summed E-state index contributed by atoms with van der Waals surface area (Å²) >= 11 is 0. The van der Waals surface area contributed by atoms with Crippen molar-refractivity contribution in [1.29, 1.82) is 0 Å². The molecule has 2 nitrogen and oxygen atoms in total. The number of hydrogen-bond acceptors (Lipinski definition) is 2. The van der Waals surface area contributed by atoms with Crippen LogP contribution in [0, 0.1) is 5.92 Å². The average Bonchev–Trinajstić information content (AvgIpc) is 2.40. The number of nitrogens with two attached hydrogens (primary N) is 1. The molecule has 0 saturated heterocycles. The molecule has 2 heteroatoms. The van der Waals surface area contributed by atoms with E-state index in [1.54, 1.807) is 0 Å².